The van der Waals surface area contributed by atoms with Gasteiger partial charge in [0.15, 0.2) is 5.78 Å². The van der Waals surface area contributed by atoms with Crippen molar-refractivity contribution >= 4 is 29.5 Å². The Balaban J connectivity index is 1.49. The fraction of sp³-hybridized carbons (Fsp3) is 0.350. The van der Waals surface area contributed by atoms with Gasteiger partial charge in [-0.3, -0.25) is 9.59 Å². The summed E-state index contributed by atoms with van der Waals surface area (Å²) in [5, 5.41) is 0.387. The predicted molar refractivity (Wildman–Crippen MR) is 103 cm³/mol. The predicted octanol–water partition coefficient (Wildman–Crippen LogP) is 3.43. The van der Waals surface area contributed by atoms with E-state index in [1.54, 1.807) is 35.4 Å². The number of pyridine rings is 1. The van der Waals surface area contributed by atoms with Gasteiger partial charge in [0.05, 0.1) is 11.9 Å². The van der Waals surface area contributed by atoms with E-state index in [4.69, 9.17) is 11.6 Å². The molecule has 0 aliphatic carbocycles. The molecule has 1 aromatic heterocycles. The zero-order valence-electron chi connectivity index (χ0n) is 14.9. The SMILES string of the molecule is O=CN(CCN1CCC(C(=O)c2ccc(F)cc2)CC1)c1ccc(Cl)nc1. The molecule has 1 amide bonds. The largest absolute Gasteiger partial charge is 0.312 e. The third-order valence-corrected chi connectivity index (χ3v) is 5.14. The molecule has 5 nitrogen and oxygen atoms in total. The van der Waals surface area contributed by atoms with Crippen LogP contribution < -0.4 is 4.90 Å². The second-order valence-corrected chi connectivity index (χ2v) is 7.01. The normalized spacial score (nSPS) is 15.5. The number of Topliss-reactive ketones (excluding diaryl/α,β-unsaturated/α-hetero) is 1. The molecule has 2 heterocycles. The minimum atomic E-state index is -0.336. The number of benzene rings is 1. The average Bonchev–Trinajstić information content (AvgIpc) is 2.70. The Morgan fingerprint density at radius 3 is 2.52 bits per heavy atom. The molecule has 142 valence electrons. The number of aromatic nitrogens is 1. The highest BCUT2D eigenvalue weighted by atomic mass is 35.5. The first-order valence-corrected chi connectivity index (χ1v) is 9.30. The lowest BCUT2D eigenvalue weighted by Gasteiger charge is -2.32. The van der Waals surface area contributed by atoms with Crippen molar-refractivity contribution in [3.05, 3.63) is 59.1 Å². The van der Waals surface area contributed by atoms with Crippen LogP contribution in [0.2, 0.25) is 5.15 Å². The number of nitrogens with zero attached hydrogens (tertiary/aromatic N) is 3. The molecule has 1 aliphatic rings. The highest BCUT2D eigenvalue weighted by Gasteiger charge is 2.26. The van der Waals surface area contributed by atoms with E-state index in [1.807, 2.05) is 0 Å². The molecule has 7 heteroatoms. The number of anilines is 1. The van der Waals surface area contributed by atoms with Gasteiger partial charge in [-0.15, -0.1) is 0 Å². The van der Waals surface area contributed by atoms with E-state index in [9.17, 15) is 14.0 Å². The lowest BCUT2D eigenvalue weighted by atomic mass is 9.89. The first-order valence-electron chi connectivity index (χ1n) is 8.92. The summed E-state index contributed by atoms with van der Waals surface area (Å²) in [6, 6.07) is 9.15. The van der Waals surface area contributed by atoms with Crippen LogP contribution in [0.15, 0.2) is 42.6 Å². The topological polar surface area (TPSA) is 53.5 Å². The van der Waals surface area contributed by atoms with Crippen molar-refractivity contribution < 1.29 is 14.0 Å². The third-order valence-electron chi connectivity index (χ3n) is 4.91. The summed E-state index contributed by atoms with van der Waals surface area (Å²) in [5.41, 5.74) is 1.27. The van der Waals surface area contributed by atoms with Gasteiger partial charge in [-0.05, 0) is 62.3 Å². The minimum Gasteiger partial charge on any atom is -0.312 e. The van der Waals surface area contributed by atoms with Crippen molar-refractivity contribution in [1.82, 2.24) is 9.88 Å². The van der Waals surface area contributed by atoms with E-state index >= 15 is 0 Å². The Hall–Kier alpha value is -2.31. The Bertz CT molecular complexity index is 775. The maximum atomic E-state index is 13.0. The maximum Gasteiger partial charge on any atom is 0.214 e. The first-order chi connectivity index (χ1) is 13.1. The van der Waals surface area contributed by atoms with Gasteiger partial charge in [0.1, 0.15) is 11.0 Å². The molecule has 0 unspecified atom stereocenters. The lowest BCUT2D eigenvalue weighted by Crippen LogP contribution is -2.41. The molecule has 3 rings (SSSR count). The molecule has 1 aromatic carbocycles. The zero-order chi connectivity index (χ0) is 19.2. The van der Waals surface area contributed by atoms with Crippen molar-refractivity contribution in [1.29, 1.82) is 0 Å². The van der Waals surface area contributed by atoms with E-state index in [1.165, 1.54) is 12.1 Å². The number of amides is 1. The summed E-state index contributed by atoms with van der Waals surface area (Å²) in [6.07, 6.45) is 3.89. The number of rotatable bonds is 7. The summed E-state index contributed by atoms with van der Waals surface area (Å²) >= 11 is 5.78. The van der Waals surface area contributed by atoms with Gasteiger partial charge >= 0.3 is 0 Å². The standard InChI is InChI=1S/C20H21ClFN3O2/c21-19-6-5-18(13-23-19)25(14-26)12-11-24-9-7-16(8-10-24)20(27)15-1-3-17(22)4-2-15/h1-6,13-14,16H,7-12H2. The van der Waals surface area contributed by atoms with Crippen LogP contribution in [0.25, 0.3) is 0 Å². The van der Waals surface area contributed by atoms with Crippen LogP contribution in [0, 0.1) is 11.7 Å². The Kier molecular flexibility index (Phi) is 6.53. The third kappa shape index (κ3) is 5.11. The molecule has 0 N–H and O–H groups in total. The van der Waals surface area contributed by atoms with Crippen LogP contribution in [0.4, 0.5) is 10.1 Å². The summed E-state index contributed by atoms with van der Waals surface area (Å²) in [4.78, 5) is 31.7. The van der Waals surface area contributed by atoms with Crippen molar-refractivity contribution in [2.24, 2.45) is 5.92 Å². The van der Waals surface area contributed by atoms with Crippen LogP contribution >= 0.6 is 11.6 Å². The van der Waals surface area contributed by atoms with Gasteiger partial charge in [0.25, 0.3) is 0 Å². The quantitative estimate of drug-likeness (QED) is 0.413. The summed E-state index contributed by atoms with van der Waals surface area (Å²) in [6.45, 7) is 2.86. The zero-order valence-corrected chi connectivity index (χ0v) is 15.6. The number of piperidine rings is 1. The van der Waals surface area contributed by atoms with Crippen LogP contribution in [-0.2, 0) is 4.79 Å². The Morgan fingerprint density at radius 1 is 1.22 bits per heavy atom. The molecule has 1 saturated heterocycles. The fourth-order valence-corrected chi connectivity index (χ4v) is 3.41. The molecule has 27 heavy (non-hydrogen) atoms. The Morgan fingerprint density at radius 2 is 1.93 bits per heavy atom. The van der Waals surface area contributed by atoms with E-state index < -0.39 is 0 Å². The maximum absolute atomic E-state index is 13.0. The molecule has 2 aromatic rings. The van der Waals surface area contributed by atoms with E-state index in [-0.39, 0.29) is 17.5 Å². The van der Waals surface area contributed by atoms with E-state index in [0.29, 0.717) is 22.9 Å². The highest BCUT2D eigenvalue weighted by Crippen LogP contribution is 2.22. The van der Waals surface area contributed by atoms with Crippen LogP contribution in [0.3, 0.4) is 0 Å². The van der Waals surface area contributed by atoms with Crippen molar-refractivity contribution in [3.8, 4) is 0 Å². The van der Waals surface area contributed by atoms with Crippen LogP contribution in [-0.4, -0.2) is 48.3 Å². The van der Waals surface area contributed by atoms with Crippen molar-refractivity contribution in [2.45, 2.75) is 12.8 Å². The molecule has 0 bridgehead atoms. The van der Waals surface area contributed by atoms with Crippen LogP contribution in [0.1, 0.15) is 23.2 Å². The van der Waals surface area contributed by atoms with Gasteiger partial charge in [0, 0.05) is 24.6 Å². The number of hydrogen-bond donors (Lipinski definition) is 0. The molecule has 0 saturated carbocycles. The molecule has 0 spiro atoms. The molecule has 1 fully saturated rings. The Labute approximate surface area is 162 Å². The molecular weight excluding hydrogens is 369 g/mol. The van der Waals surface area contributed by atoms with Gasteiger partial charge in [-0.2, -0.15) is 0 Å². The van der Waals surface area contributed by atoms with Gasteiger partial charge in [-0.25, -0.2) is 9.37 Å². The molecule has 1 aliphatic heterocycles. The number of hydrogen-bond acceptors (Lipinski definition) is 4. The number of carbonyl (C=O) groups is 2. The molecular formula is C20H21ClFN3O2. The monoisotopic (exact) mass is 389 g/mol. The van der Waals surface area contributed by atoms with E-state index in [0.717, 1.165) is 38.9 Å². The average molecular weight is 390 g/mol. The fourth-order valence-electron chi connectivity index (χ4n) is 3.30. The van der Waals surface area contributed by atoms with E-state index in [2.05, 4.69) is 9.88 Å². The number of ketones is 1. The number of likely N-dealkylation sites (tertiary alicyclic amines) is 1. The van der Waals surface area contributed by atoms with Gasteiger partial charge < -0.3 is 9.80 Å². The second kappa shape index (κ2) is 9.06. The lowest BCUT2D eigenvalue weighted by molar-refractivity contribution is -0.107. The summed E-state index contributed by atoms with van der Waals surface area (Å²) < 4.78 is 13.0. The number of carbonyl (C=O) groups excluding carboxylic acids is 2. The minimum absolute atomic E-state index is 0.0330. The first kappa shape index (κ1) is 19.5. The van der Waals surface area contributed by atoms with Crippen molar-refractivity contribution in [2.75, 3.05) is 31.1 Å². The molecule has 0 atom stereocenters. The summed E-state index contributed by atoms with van der Waals surface area (Å²) in [5.74, 6) is -0.289. The summed E-state index contributed by atoms with van der Waals surface area (Å²) in [7, 11) is 0. The number of halogens is 2. The van der Waals surface area contributed by atoms with Gasteiger partial charge in [-0.1, -0.05) is 11.6 Å². The highest BCUT2D eigenvalue weighted by molar-refractivity contribution is 6.29. The van der Waals surface area contributed by atoms with Crippen molar-refractivity contribution in [3.63, 3.8) is 0 Å². The second-order valence-electron chi connectivity index (χ2n) is 6.62. The molecule has 0 radical (unpaired) electrons. The smallest absolute Gasteiger partial charge is 0.214 e. The van der Waals surface area contributed by atoms with Gasteiger partial charge in [0.2, 0.25) is 6.41 Å². The van der Waals surface area contributed by atoms with Crippen LogP contribution in [0.5, 0.6) is 0 Å².